The number of benzene rings is 1. The molecule has 2 aromatic heterocycles. The Morgan fingerprint density at radius 2 is 1.82 bits per heavy atom. The minimum atomic E-state index is -0.593. The highest BCUT2D eigenvalue weighted by molar-refractivity contribution is 6.34. The van der Waals surface area contributed by atoms with Crippen LogP contribution >= 0.6 is 11.6 Å². The van der Waals surface area contributed by atoms with E-state index in [1.807, 2.05) is 46.8 Å². The zero-order valence-corrected chi connectivity index (χ0v) is 23.8. The van der Waals surface area contributed by atoms with Gasteiger partial charge < -0.3 is 24.0 Å². The van der Waals surface area contributed by atoms with Gasteiger partial charge in [-0.25, -0.2) is 14.6 Å². The number of nitrogens with zero attached hydrogens (tertiary/aromatic N) is 4. The van der Waals surface area contributed by atoms with Crippen LogP contribution in [0.2, 0.25) is 5.02 Å². The maximum Gasteiger partial charge on any atom is 0.410 e. The second kappa shape index (κ2) is 11.5. The highest BCUT2D eigenvalue weighted by Crippen LogP contribution is 2.38. The highest BCUT2D eigenvalue weighted by atomic mass is 35.5. The predicted octanol–water partition coefficient (Wildman–Crippen LogP) is 6.13. The average Bonchev–Trinajstić information content (AvgIpc) is 2.87. The highest BCUT2D eigenvalue weighted by Gasteiger charge is 2.31. The molecule has 0 saturated carbocycles. The van der Waals surface area contributed by atoms with Gasteiger partial charge in [-0.15, -0.1) is 0 Å². The molecule has 0 N–H and O–H groups in total. The molecule has 4 rings (SSSR count). The normalized spacial score (nSPS) is 15.6. The predicted molar refractivity (Wildman–Crippen MR) is 150 cm³/mol. The number of carbonyl (C=O) groups excluding carboxylic acids is 2. The number of aromatic nitrogens is 2. The van der Waals surface area contributed by atoms with Gasteiger partial charge in [-0.1, -0.05) is 17.7 Å². The van der Waals surface area contributed by atoms with Gasteiger partial charge in [0.1, 0.15) is 22.7 Å². The Morgan fingerprint density at radius 1 is 1.05 bits per heavy atom. The van der Waals surface area contributed by atoms with Crippen molar-refractivity contribution in [2.45, 2.75) is 46.3 Å². The van der Waals surface area contributed by atoms with Crippen LogP contribution in [0.5, 0.6) is 11.5 Å². The van der Waals surface area contributed by atoms with Crippen molar-refractivity contribution in [2.24, 2.45) is 0 Å². The number of aryl methyl sites for hydroxylation is 1. The summed E-state index contributed by atoms with van der Waals surface area (Å²) in [6.07, 6.45) is 4.82. The second-order valence-corrected chi connectivity index (χ2v) is 10.8. The number of hydrogen-bond acceptors (Lipinski definition) is 8. The van der Waals surface area contributed by atoms with E-state index in [1.54, 1.807) is 41.7 Å². The van der Waals surface area contributed by atoms with E-state index >= 15 is 0 Å². The summed E-state index contributed by atoms with van der Waals surface area (Å²) < 4.78 is 16.6. The minimum absolute atomic E-state index is 0.0285. The number of ether oxygens (including phenoxy) is 3. The molecule has 0 spiro atoms. The van der Waals surface area contributed by atoms with Crippen molar-refractivity contribution in [1.29, 1.82) is 0 Å². The fourth-order valence-corrected chi connectivity index (χ4v) is 4.72. The zero-order chi connectivity index (χ0) is 28.3. The number of halogens is 1. The number of carbonyl (C=O) groups is 2. The van der Waals surface area contributed by atoms with E-state index in [9.17, 15) is 9.59 Å². The topological polar surface area (TPSA) is 94.1 Å². The molecule has 1 atom stereocenters. The van der Waals surface area contributed by atoms with E-state index in [1.165, 1.54) is 7.11 Å². The molecule has 0 radical (unpaired) electrons. The number of esters is 1. The number of piperazine rings is 1. The molecule has 1 aliphatic heterocycles. The van der Waals surface area contributed by atoms with Gasteiger partial charge in [-0.3, -0.25) is 4.98 Å². The van der Waals surface area contributed by atoms with Crippen molar-refractivity contribution in [2.75, 3.05) is 31.6 Å². The van der Waals surface area contributed by atoms with Gasteiger partial charge >= 0.3 is 12.1 Å². The minimum Gasteiger partial charge on any atom is -0.465 e. The Balaban J connectivity index is 1.55. The molecular weight excluding hydrogens is 520 g/mol. The summed E-state index contributed by atoms with van der Waals surface area (Å²) in [5.41, 5.74) is 2.11. The fourth-order valence-electron chi connectivity index (χ4n) is 4.47. The summed E-state index contributed by atoms with van der Waals surface area (Å²) in [6, 6.07) is 8.86. The summed E-state index contributed by atoms with van der Waals surface area (Å²) in [4.78, 5) is 37.9. The number of anilines is 1. The first-order chi connectivity index (χ1) is 18.5. The van der Waals surface area contributed by atoms with Crippen molar-refractivity contribution in [1.82, 2.24) is 14.9 Å². The summed E-state index contributed by atoms with van der Waals surface area (Å²) >= 11 is 6.27. The van der Waals surface area contributed by atoms with Gasteiger partial charge in [0, 0.05) is 49.2 Å². The molecule has 1 saturated heterocycles. The van der Waals surface area contributed by atoms with Crippen LogP contribution in [0.25, 0.3) is 11.1 Å². The zero-order valence-electron chi connectivity index (χ0n) is 23.0. The van der Waals surface area contributed by atoms with Crippen LogP contribution in [0, 0.1) is 6.92 Å². The molecule has 3 aromatic rings. The van der Waals surface area contributed by atoms with Crippen LogP contribution in [-0.2, 0) is 9.47 Å². The molecule has 1 aliphatic rings. The van der Waals surface area contributed by atoms with Gasteiger partial charge in [-0.2, -0.15) is 0 Å². The SMILES string of the molecule is COC(=O)c1c(Cl)cccc1Oc1cncc(C)c1-c1ccc(N2CCN(C(=O)OC(C)(C)C)[C@@H](C)C2)nc1. The summed E-state index contributed by atoms with van der Waals surface area (Å²) in [5.74, 6) is 0.942. The summed E-state index contributed by atoms with van der Waals surface area (Å²) in [6.45, 7) is 11.4. The lowest BCUT2D eigenvalue weighted by molar-refractivity contribution is 0.0158. The van der Waals surface area contributed by atoms with Gasteiger partial charge in [0.15, 0.2) is 5.75 Å². The van der Waals surface area contributed by atoms with Gasteiger partial charge in [0.05, 0.1) is 18.3 Å². The molecule has 206 valence electrons. The Kier molecular flexibility index (Phi) is 8.30. The first-order valence-electron chi connectivity index (χ1n) is 12.7. The van der Waals surface area contributed by atoms with Gasteiger partial charge in [-0.05, 0) is 64.4 Å². The van der Waals surface area contributed by atoms with Crippen molar-refractivity contribution < 1.29 is 23.8 Å². The number of pyridine rings is 2. The van der Waals surface area contributed by atoms with E-state index in [2.05, 4.69) is 9.88 Å². The maximum absolute atomic E-state index is 12.6. The smallest absolute Gasteiger partial charge is 0.410 e. The van der Waals surface area contributed by atoms with Gasteiger partial charge in [0.2, 0.25) is 0 Å². The van der Waals surface area contributed by atoms with Crippen LogP contribution in [0.15, 0.2) is 48.9 Å². The third-order valence-corrected chi connectivity index (χ3v) is 6.62. The molecule has 1 aromatic carbocycles. The fraction of sp³-hybridized carbons (Fsp3) is 0.379. The number of rotatable bonds is 5. The molecule has 39 heavy (non-hydrogen) atoms. The van der Waals surface area contributed by atoms with Crippen LogP contribution in [-0.4, -0.2) is 65.3 Å². The number of hydrogen-bond donors (Lipinski definition) is 0. The van der Waals surface area contributed by atoms with Crippen molar-refractivity contribution in [3.8, 4) is 22.6 Å². The molecule has 1 amide bonds. The van der Waals surface area contributed by atoms with Crippen molar-refractivity contribution >= 4 is 29.5 Å². The van der Waals surface area contributed by atoms with E-state index in [0.29, 0.717) is 25.4 Å². The van der Waals surface area contributed by atoms with E-state index in [-0.39, 0.29) is 28.5 Å². The second-order valence-electron chi connectivity index (χ2n) is 10.4. The molecule has 3 heterocycles. The quantitative estimate of drug-likeness (QED) is 0.349. The lowest BCUT2D eigenvalue weighted by atomic mass is 10.0. The lowest BCUT2D eigenvalue weighted by Crippen LogP contribution is -2.55. The third-order valence-electron chi connectivity index (χ3n) is 6.30. The van der Waals surface area contributed by atoms with E-state index < -0.39 is 11.6 Å². The first-order valence-corrected chi connectivity index (χ1v) is 13.1. The Bertz CT molecular complexity index is 1360. The monoisotopic (exact) mass is 552 g/mol. The van der Waals surface area contributed by atoms with E-state index in [0.717, 1.165) is 22.5 Å². The Hall–Kier alpha value is -3.85. The average molecular weight is 553 g/mol. The first kappa shape index (κ1) is 28.2. The van der Waals surface area contributed by atoms with Crippen molar-refractivity contribution in [3.63, 3.8) is 0 Å². The largest absolute Gasteiger partial charge is 0.465 e. The van der Waals surface area contributed by atoms with Crippen LogP contribution in [0.3, 0.4) is 0 Å². The Morgan fingerprint density at radius 3 is 2.46 bits per heavy atom. The van der Waals surface area contributed by atoms with Crippen LogP contribution in [0.4, 0.5) is 10.6 Å². The lowest BCUT2D eigenvalue weighted by Gasteiger charge is -2.40. The van der Waals surface area contributed by atoms with Crippen LogP contribution in [0.1, 0.15) is 43.6 Å². The van der Waals surface area contributed by atoms with Crippen LogP contribution < -0.4 is 9.64 Å². The summed E-state index contributed by atoms with van der Waals surface area (Å²) in [7, 11) is 1.29. The molecule has 0 bridgehead atoms. The van der Waals surface area contributed by atoms with Crippen molar-refractivity contribution in [3.05, 3.63) is 65.1 Å². The molecular formula is C29H33ClN4O5. The van der Waals surface area contributed by atoms with Gasteiger partial charge in [0.25, 0.3) is 0 Å². The third kappa shape index (κ3) is 6.42. The molecule has 0 aliphatic carbocycles. The summed E-state index contributed by atoms with van der Waals surface area (Å²) in [5, 5.41) is 0.230. The molecule has 10 heteroatoms. The maximum atomic E-state index is 12.6. The molecule has 0 unspecified atom stereocenters. The standard InChI is InChI=1S/C29H33ClN4O5/c1-18-14-31-16-23(38-22-9-7-8-21(30)26(22)27(35)37-6)25(18)20-10-11-24(32-15-20)33-12-13-34(19(2)17-33)28(36)39-29(3,4)5/h7-11,14-16,19H,12-13,17H2,1-6H3/t19-/m0/s1. The number of methoxy groups -OCH3 is 1. The molecule has 1 fully saturated rings. The Labute approximate surface area is 233 Å². The number of amides is 1. The molecule has 9 nitrogen and oxygen atoms in total. The van der Waals surface area contributed by atoms with E-state index in [4.69, 9.17) is 30.8 Å².